The lowest BCUT2D eigenvalue weighted by atomic mass is 10.1. The molecule has 0 amide bonds. The Balaban J connectivity index is 2.69. The second kappa shape index (κ2) is 6.08. The summed E-state index contributed by atoms with van der Waals surface area (Å²) in [5, 5.41) is 0. The molecule has 1 rings (SSSR count). The normalized spacial score (nSPS) is 12.5. The Bertz CT molecular complexity index is 317. The molecule has 2 N–H and O–H groups in total. The van der Waals surface area contributed by atoms with Gasteiger partial charge in [-0.25, -0.2) is 4.39 Å². The maximum absolute atomic E-state index is 11.9. The molecule has 1 aromatic carbocycles. The van der Waals surface area contributed by atoms with E-state index in [-0.39, 0.29) is 12.6 Å². The zero-order valence-corrected chi connectivity index (χ0v) is 10.3. The standard InChI is InChI=1S/C11H15BrFNO/c1-8(14)6-9-2-3-11(10(12)7-9)15-5-4-13/h2-3,7-8H,4-6,14H2,1H3. The van der Waals surface area contributed by atoms with Gasteiger partial charge in [-0.15, -0.1) is 0 Å². The molecule has 84 valence electrons. The third-order valence-corrected chi connectivity index (χ3v) is 2.51. The van der Waals surface area contributed by atoms with E-state index in [9.17, 15) is 4.39 Å². The van der Waals surface area contributed by atoms with E-state index in [1.54, 1.807) is 0 Å². The number of hydrogen-bond donors (Lipinski definition) is 1. The molecule has 4 heteroatoms. The highest BCUT2D eigenvalue weighted by atomic mass is 79.9. The van der Waals surface area contributed by atoms with Crippen LogP contribution in [0.2, 0.25) is 0 Å². The van der Waals surface area contributed by atoms with Crippen LogP contribution in [0, 0.1) is 0 Å². The molecule has 0 heterocycles. The smallest absolute Gasteiger partial charge is 0.133 e. The average Bonchev–Trinajstić information content (AvgIpc) is 2.15. The number of hydrogen-bond acceptors (Lipinski definition) is 2. The van der Waals surface area contributed by atoms with Crippen LogP contribution < -0.4 is 10.5 Å². The van der Waals surface area contributed by atoms with Crippen LogP contribution in [0.4, 0.5) is 4.39 Å². The molecule has 1 aromatic rings. The van der Waals surface area contributed by atoms with Crippen LogP contribution >= 0.6 is 15.9 Å². The summed E-state index contributed by atoms with van der Waals surface area (Å²) in [4.78, 5) is 0. The Morgan fingerprint density at radius 2 is 2.27 bits per heavy atom. The van der Waals surface area contributed by atoms with Gasteiger partial charge in [0.2, 0.25) is 0 Å². The molecule has 0 aliphatic carbocycles. The number of alkyl halides is 1. The lowest BCUT2D eigenvalue weighted by molar-refractivity contribution is 0.272. The fraction of sp³-hybridized carbons (Fsp3) is 0.455. The molecule has 0 saturated heterocycles. The Morgan fingerprint density at radius 3 is 2.80 bits per heavy atom. The van der Waals surface area contributed by atoms with Gasteiger partial charge in [0.15, 0.2) is 0 Å². The Labute approximate surface area is 97.7 Å². The number of rotatable bonds is 5. The van der Waals surface area contributed by atoms with E-state index in [0.717, 1.165) is 16.5 Å². The van der Waals surface area contributed by atoms with Gasteiger partial charge in [0.25, 0.3) is 0 Å². The van der Waals surface area contributed by atoms with Gasteiger partial charge < -0.3 is 10.5 Å². The van der Waals surface area contributed by atoms with Crippen molar-refractivity contribution in [1.82, 2.24) is 0 Å². The zero-order chi connectivity index (χ0) is 11.3. The minimum atomic E-state index is -0.478. The van der Waals surface area contributed by atoms with Gasteiger partial charge in [-0.1, -0.05) is 6.07 Å². The first-order valence-electron chi connectivity index (χ1n) is 4.86. The van der Waals surface area contributed by atoms with Crippen molar-refractivity contribution in [3.8, 4) is 5.75 Å². The fourth-order valence-corrected chi connectivity index (χ4v) is 1.85. The third kappa shape index (κ3) is 4.18. The second-order valence-corrected chi connectivity index (χ2v) is 4.34. The van der Waals surface area contributed by atoms with E-state index in [4.69, 9.17) is 10.5 Å². The monoisotopic (exact) mass is 275 g/mol. The highest BCUT2D eigenvalue weighted by Crippen LogP contribution is 2.26. The second-order valence-electron chi connectivity index (χ2n) is 3.48. The maximum atomic E-state index is 11.9. The van der Waals surface area contributed by atoms with Crippen molar-refractivity contribution in [3.63, 3.8) is 0 Å². The van der Waals surface area contributed by atoms with E-state index in [1.165, 1.54) is 0 Å². The van der Waals surface area contributed by atoms with E-state index in [1.807, 2.05) is 25.1 Å². The van der Waals surface area contributed by atoms with Crippen LogP contribution in [0.3, 0.4) is 0 Å². The Morgan fingerprint density at radius 1 is 1.53 bits per heavy atom. The molecule has 15 heavy (non-hydrogen) atoms. The number of ether oxygens (including phenoxy) is 1. The van der Waals surface area contributed by atoms with Gasteiger partial charge in [-0.3, -0.25) is 0 Å². The van der Waals surface area contributed by atoms with E-state index in [2.05, 4.69) is 15.9 Å². The van der Waals surface area contributed by atoms with Crippen molar-refractivity contribution in [2.24, 2.45) is 5.73 Å². The van der Waals surface area contributed by atoms with E-state index >= 15 is 0 Å². The molecule has 0 aliphatic rings. The number of halogens is 2. The first-order chi connectivity index (χ1) is 7.13. The highest BCUT2D eigenvalue weighted by Gasteiger charge is 2.04. The molecule has 0 bridgehead atoms. The summed E-state index contributed by atoms with van der Waals surface area (Å²) in [7, 11) is 0. The molecule has 0 aromatic heterocycles. The molecule has 0 spiro atoms. The lowest BCUT2D eigenvalue weighted by Crippen LogP contribution is -2.17. The van der Waals surface area contributed by atoms with E-state index in [0.29, 0.717) is 5.75 Å². The summed E-state index contributed by atoms with van der Waals surface area (Å²) in [5.74, 6) is 0.668. The van der Waals surface area contributed by atoms with Crippen LogP contribution in [0.25, 0.3) is 0 Å². The van der Waals surface area contributed by atoms with Crippen molar-refractivity contribution in [1.29, 1.82) is 0 Å². The summed E-state index contributed by atoms with van der Waals surface area (Å²) in [5.41, 5.74) is 6.84. The number of nitrogens with two attached hydrogens (primary N) is 1. The molecule has 2 nitrogen and oxygen atoms in total. The van der Waals surface area contributed by atoms with Crippen LogP contribution in [-0.2, 0) is 6.42 Å². The molecule has 1 unspecified atom stereocenters. The van der Waals surface area contributed by atoms with Crippen molar-refractivity contribution in [2.75, 3.05) is 13.3 Å². The van der Waals surface area contributed by atoms with Gasteiger partial charge in [-0.05, 0) is 47.0 Å². The first-order valence-corrected chi connectivity index (χ1v) is 5.65. The van der Waals surface area contributed by atoms with E-state index < -0.39 is 6.67 Å². The molecule has 0 fully saturated rings. The minimum absolute atomic E-state index is 0.0885. The van der Waals surface area contributed by atoms with Crippen molar-refractivity contribution < 1.29 is 9.13 Å². The summed E-state index contributed by atoms with van der Waals surface area (Å²) in [6.45, 7) is 1.57. The maximum Gasteiger partial charge on any atom is 0.133 e. The minimum Gasteiger partial charge on any atom is -0.490 e. The highest BCUT2D eigenvalue weighted by molar-refractivity contribution is 9.10. The molecule has 1 atom stereocenters. The fourth-order valence-electron chi connectivity index (χ4n) is 1.31. The summed E-state index contributed by atoms with van der Waals surface area (Å²) in [6, 6.07) is 5.87. The predicted octanol–water partition coefficient (Wildman–Crippen LogP) is 2.69. The Kier molecular flexibility index (Phi) is 5.05. The SMILES string of the molecule is CC(N)Cc1ccc(OCCF)c(Br)c1. The first kappa shape index (κ1) is 12.5. The third-order valence-electron chi connectivity index (χ3n) is 1.89. The van der Waals surface area contributed by atoms with Gasteiger partial charge in [0.1, 0.15) is 19.0 Å². The molecular formula is C11H15BrFNO. The van der Waals surface area contributed by atoms with Crippen LogP contribution in [0.5, 0.6) is 5.75 Å². The number of benzene rings is 1. The van der Waals surface area contributed by atoms with Crippen LogP contribution in [0.1, 0.15) is 12.5 Å². The Hall–Kier alpha value is -0.610. The van der Waals surface area contributed by atoms with Gasteiger partial charge in [0.05, 0.1) is 4.47 Å². The summed E-state index contributed by atoms with van der Waals surface area (Å²) < 4.78 is 17.9. The largest absolute Gasteiger partial charge is 0.490 e. The molecule has 0 aliphatic heterocycles. The van der Waals surface area contributed by atoms with Crippen molar-refractivity contribution in [2.45, 2.75) is 19.4 Å². The van der Waals surface area contributed by atoms with Gasteiger partial charge in [-0.2, -0.15) is 0 Å². The van der Waals surface area contributed by atoms with Crippen LogP contribution in [0.15, 0.2) is 22.7 Å². The summed E-state index contributed by atoms with van der Waals surface area (Å²) in [6.07, 6.45) is 0.821. The van der Waals surface area contributed by atoms with Crippen molar-refractivity contribution in [3.05, 3.63) is 28.2 Å². The summed E-state index contributed by atoms with van der Waals surface area (Å²) >= 11 is 3.38. The van der Waals surface area contributed by atoms with Gasteiger partial charge >= 0.3 is 0 Å². The molecular weight excluding hydrogens is 261 g/mol. The van der Waals surface area contributed by atoms with Crippen molar-refractivity contribution >= 4 is 15.9 Å². The van der Waals surface area contributed by atoms with Crippen LogP contribution in [-0.4, -0.2) is 19.3 Å². The predicted molar refractivity (Wildman–Crippen MR) is 63.0 cm³/mol. The lowest BCUT2D eigenvalue weighted by Gasteiger charge is -2.09. The molecule has 0 radical (unpaired) electrons. The van der Waals surface area contributed by atoms with Gasteiger partial charge in [0, 0.05) is 6.04 Å². The zero-order valence-electron chi connectivity index (χ0n) is 8.67. The molecule has 0 saturated carbocycles. The average molecular weight is 276 g/mol. The topological polar surface area (TPSA) is 35.2 Å². The quantitative estimate of drug-likeness (QED) is 0.897.